The molecule has 2 rings (SSSR count). The molecule has 0 bridgehead atoms. The van der Waals surface area contributed by atoms with Gasteiger partial charge in [-0.1, -0.05) is 19.1 Å². The van der Waals surface area contributed by atoms with Crippen molar-refractivity contribution in [3.63, 3.8) is 0 Å². The van der Waals surface area contributed by atoms with Gasteiger partial charge < -0.3 is 4.98 Å². The number of aryl methyl sites for hydroxylation is 1. The third-order valence-electron chi connectivity index (χ3n) is 2.23. The molecule has 0 radical (unpaired) electrons. The van der Waals surface area contributed by atoms with Crippen LogP contribution in [0.3, 0.4) is 0 Å². The number of nitrogens with one attached hydrogen (secondary N) is 2. The Hall–Kier alpha value is -1.84. The summed E-state index contributed by atoms with van der Waals surface area (Å²) < 4.78 is 0. The first kappa shape index (κ1) is 8.74. The Morgan fingerprint density at radius 2 is 2.00 bits per heavy atom. The summed E-state index contributed by atoms with van der Waals surface area (Å²) in [5.74, 6) is 0. The van der Waals surface area contributed by atoms with Crippen LogP contribution in [0.4, 0.5) is 0 Å². The normalized spacial score (nSPS) is 10.6. The third-order valence-corrected chi connectivity index (χ3v) is 2.23. The van der Waals surface area contributed by atoms with Crippen LogP contribution in [0, 0.1) is 0 Å². The van der Waals surface area contributed by atoms with E-state index in [0.29, 0.717) is 10.9 Å². The maximum atomic E-state index is 11.5. The summed E-state index contributed by atoms with van der Waals surface area (Å²) >= 11 is 0. The maximum Gasteiger partial charge on any atom is 0.326 e. The van der Waals surface area contributed by atoms with E-state index in [0.717, 1.165) is 12.0 Å². The molecular formula is C10H10N2O2. The third kappa shape index (κ3) is 1.25. The van der Waals surface area contributed by atoms with Crippen molar-refractivity contribution < 1.29 is 0 Å². The maximum absolute atomic E-state index is 11.5. The number of hydrogen-bond donors (Lipinski definition) is 2. The van der Waals surface area contributed by atoms with Crippen molar-refractivity contribution in [2.45, 2.75) is 13.3 Å². The Labute approximate surface area is 79.6 Å². The second-order valence-corrected chi connectivity index (χ2v) is 3.10. The van der Waals surface area contributed by atoms with Crippen molar-refractivity contribution in [2.24, 2.45) is 0 Å². The Morgan fingerprint density at radius 1 is 1.21 bits per heavy atom. The Bertz CT molecular complexity index is 580. The van der Waals surface area contributed by atoms with Gasteiger partial charge in [-0.2, -0.15) is 0 Å². The molecule has 0 aliphatic carbocycles. The summed E-state index contributed by atoms with van der Waals surface area (Å²) in [4.78, 5) is 27.3. The van der Waals surface area contributed by atoms with Crippen molar-refractivity contribution in [3.05, 3.63) is 44.6 Å². The molecule has 0 fully saturated rings. The Balaban J connectivity index is 3.02. The summed E-state index contributed by atoms with van der Waals surface area (Å²) in [6.07, 6.45) is 0.770. The second kappa shape index (κ2) is 3.14. The van der Waals surface area contributed by atoms with E-state index >= 15 is 0 Å². The summed E-state index contributed by atoms with van der Waals surface area (Å²) in [7, 11) is 0. The molecule has 1 heterocycles. The molecule has 0 aliphatic heterocycles. The highest BCUT2D eigenvalue weighted by Crippen LogP contribution is 2.11. The average Bonchev–Trinajstić information content (AvgIpc) is 2.16. The van der Waals surface area contributed by atoms with E-state index in [1.807, 2.05) is 19.1 Å². The summed E-state index contributed by atoms with van der Waals surface area (Å²) in [6, 6.07) is 5.44. The van der Waals surface area contributed by atoms with Crippen molar-refractivity contribution in [1.29, 1.82) is 0 Å². The fourth-order valence-electron chi connectivity index (χ4n) is 1.59. The highest BCUT2D eigenvalue weighted by atomic mass is 16.2. The van der Waals surface area contributed by atoms with Gasteiger partial charge in [-0.05, 0) is 18.1 Å². The molecule has 1 aromatic heterocycles. The number of rotatable bonds is 1. The van der Waals surface area contributed by atoms with Crippen LogP contribution in [0.15, 0.2) is 27.8 Å². The van der Waals surface area contributed by atoms with Crippen molar-refractivity contribution >= 4 is 10.9 Å². The zero-order chi connectivity index (χ0) is 10.1. The van der Waals surface area contributed by atoms with Crippen LogP contribution in [-0.4, -0.2) is 9.97 Å². The summed E-state index contributed by atoms with van der Waals surface area (Å²) in [6.45, 7) is 1.97. The molecule has 0 saturated heterocycles. The molecular weight excluding hydrogens is 180 g/mol. The predicted octanol–water partition coefficient (Wildman–Crippen LogP) is 0.779. The lowest BCUT2D eigenvalue weighted by molar-refractivity contribution is 1.06. The molecule has 72 valence electrons. The first-order chi connectivity index (χ1) is 6.72. The van der Waals surface area contributed by atoms with Gasteiger partial charge in [-0.15, -0.1) is 0 Å². The number of aromatic nitrogens is 2. The van der Waals surface area contributed by atoms with Gasteiger partial charge in [-0.25, -0.2) is 4.79 Å². The SMILES string of the molecule is CCc1cccc2[nH]c(=O)[nH]c(=O)c12. The zero-order valence-corrected chi connectivity index (χ0v) is 7.76. The van der Waals surface area contributed by atoms with E-state index in [4.69, 9.17) is 0 Å². The highest BCUT2D eigenvalue weighted by molar-refractivity contribution is 5.80. The van der Waals surface area contributed by atoms with Crippen LogP contribution in [0.5, 0.6) is 0 Å². The number of aromatic amines is 2. The quantitative estimate of drug-likeness (QED) is 0.697. The molecule has 0 saturated carbocycles. The molecule has 4 heteroatoms. The van der Waals surface area contributed by atoms with E-state index in [1.54, 1.807) is 6.07 Å². The van der Waals surface area contributed by atoms with E-state index in [1.165, 1.54) is 0 Å². The molecule has 0 spiro atoms. The summed E-state index contributed by atoms with van der Waals surface area (Å²) in [5, 5.41) is 0.578. The minimum Gasteiger partial charge on any atom is -0.307 e. The van der Waals surface area contributed by atoms with Crippen LogP contribution in [-0.2, 0) is 6.42 Å². The Morgan fingerprint density at radius 3 is 2.71 bits per heavy atom. The first-order valence-corrected chi connectivity index (χ1v) is 4.46. The van der Waals surface area contributed by atoms with Crippen molar-refractivity contribution in [3.8, 4) is 0 Å². The highest BCUT2D eigenvalue weighted by Gasteiger charge is 2.03. The van der Waals surface area contributed by atoms with E-state index in [2.05, 4.69) is 9.97 Å². The molecule has 2 N–H and O–H groups in total. The minimum absolute atomic E-state index is 0.318. The van der Waals surface area contributed by atoms with Crippen LogP contribution in [0.25, 0.3) is 10.9 Å². The lowest BCUT2D eigenvalue weighted by Crippen LogP contribution is -2.22. The summed E-state index contributed by atoms with van der Waals surface area (Å²) in [5.41, 5.74) is 0.759. The van der Waals surface area contributed by atoms with Gasteiger partial charge in [0.2, 0.25) is 0 Å². The van der Waals surface area contributed by atoms with Gasteiger partial charge in [0, 0.05) is 0 Å². The number of H-pyrrole nitrogens is 2. The van der Waals surface area contributed by atoms with Gasteiger partial charge >= 0.3 is 5.69 Å². The van der Waals surface area contributed by atoms with Crippen LogP contribution in [0.2, 0.25) is 0 Å². The van der Waals surface area contributed by atoms with Gasteiger partial charge in [-0.3, -0.25) is 9.78 Å². The second-order valence-electron chi connectivity index (χ2n) is 3.10. The first-order valence-electron chi connectivity index (χ1n) is 4.46. The zero-order valence-electron chi connectivity index (χ0n) is 7.76. The van der Waals surface area contributed by atoms with Crippen LogP contribution >= 0.6 is 0 Å². The monoisotopic (exact) mass is 190 g/mol. The smallest absolute Gasteiger partial charge is 0.307 e. The lowest BCUT2D eigenvalue weighted by Gasteiger charge is -2.01. The standard InChI is InChI=1S/C10H10N2O2/c1-2-6-4-3-5-7-8(6)9(13)12-10(14)11-7/h3-5H,2H2,1H3,(H2,11,12,13,14). The lowest BCUT2D eigenvalue weighted by atomic mass is 10.1. The van der Waals surface area contributed by atoms with E-state index in [-0.39, 0.29) is 5.56 Å². The molecule has 1 aromatic carbocycles. The van der Waals surface area contributed by atoms with E-state index < -0.39 is 5.69 Å². The molecule has 0 aliphatic rings. The van der Waals surface area contributed by atoms with Crippen LogP contribution in [0.1, 0.15) is 12.5 Å². The number of benzene rings is 1. The van der Waals surface area contributed by atoms with Gasteiger partial charge in [0.1, 0.15) is 0 Å². The number of hydrogen-bond acceptors (Lipinski definition) is 2. The Kier molecular flexibility index (Phi) is 1.96. The van der Waals surface area contributed by atoms with Crippen molar-refractivity contribution in [1.82, 2.24) is 9.97 Å². The largest absolute Gasteiger partial charge is 0.326 e. The average molecular weight is 190 g/mol. The predicted molar refractivity (Wildman–Crippen MR) is 54.6 cm³/mol. The molecule has 0 amide bonds. The van der Waals surface area contributed by atoms with Crippen molar-refractivity contribution in [2.75, 3.05) is 0 Å². The molecule has 2 aromatic rings. The topological polar surface area (TPSA) is 65.7 Å². The molecule has 0 unspecified atom stereocenters. The molecule has 4 nitrogen and oxygen atoms in total. The van der Waals surface area contributed by atoms with Gasteiger partial charge in [0.05, 0.1) is 10.9 Å². The van der Waals surface area contributed by atoms with Crippen LogP contribution < -0.4 is 11.2 Å². The molecule has 14 heavy (non-hydrogen) atoms. The van der Waals surface area contributed by atoms with Gasteiger partial charge in [0.25, 0.3) is 5.56 Å². The minimum atomic E-state index is -0.462. The molecule has 0 atom stereocenters. The number of fused-ring (bicyclic) bond motifs is 1. The van der Waals surface area contributed by atoms with Gasteiger partial charge in [0.15, 0.2) is 0 Å². The fourth-order valence-corrected chi connectivity index (χ4v) is 1.59. The fraction of sp³-hybridized carbons (Fsp3) is 0.200. The van der Waals surface area contributed by atoms with E-state index in [9.17, 15) is 9.59 Å².